The third kappa shape index (κ3) is 1.52. The second-order valence-corrected chi connectivity index (χ2v) is 5.11. The monoisotopic (exact) mass is 181 g/mol. The van der Waals surface area contributed by atoms with Crippen molar-refractivity contribution < 1.29 is 0 Å². The minimum Gasteiger partial charge on any atom is -0.300 e. The molecule has 3 aliphatic rings. The van der Waals surface area contributed by atoms with Crippen molar-refractivity contribution in [1.29, 1.82) is 0 Å². The largest absolute Gasteiger partial charge is 0.300 e. The Morgan fingerprint density at radius 1 is 1.23 bits per heavy atom. The molecule has 2 unspecified atom stereocenters. The fourth-order valence-corrected chi connectivity index (χ4v) is 3.53. The second kappa shape index (κ2) is 3.61. The lowest BCUT2D eigenvalue weighted by atomic mass is 9.71. The lowest BCUT2D eigenvalue weighted by molar-refractivity contribution is -0.0189. The average molecular weight is 181 g/mol. The summed E-state index contributed by atoms with van der Waals surface area (Å²) in [5, 5.41) is 0. The normalized spacial score (nSPS) is 42.2. The molecule has 0 spiro atoms. The Morgan fingerprint density at radius 3 is 2.31 bits per heavy atom. The highest BCUT2D eigenvalue weighted by Crippen LogP contribution is 2.41. The van der Waals surface area contributed by atoms with Gasteiger partial charge in [0.25, 0.3) is 0 Å². The van der Waals surface area contributed by atoms with Gasteiger partial charge in [-0.1, -0.05) is 20.3 Å². The summed E-state index contributed by atoms with van der Waals surface area (Å²) >= 11 is 0. The molecule has 2 aliphatic heterocycles. The van der Waals surface area contributed by atoms with Crippen LogP contribution in [0.4, 0.5) is 0 Å². The number of fused-ring (bicyclic) bond motifs is 3. The Kier molecular flexibility index (Phi) is 2.64. The maximum absolute atomic E-state index is 2.69. The predicted octanol–water partition coefficient (Wildman–Crippen LogP) is 2.91. The van der Waals surface area contributed by atoms with Gasteiger partial charge in [-0.3, -0.25) is 4.90 Å². The Balaban J connectivity index is 2.09. The zero-order chi connectivity index (χ0) is 9.42. The first kappa shape index (κ1) is 9.51. The van der Waals surface area contributed by atoms with E-state index in [1.807, 2.05) is 0 Å². The van der Waals surface area contributed by atoms with E-state index in [4.69, 9.17) is 0 Å². The van der Waals surface area contributed by atoms with Crippen LogP contribution in [0, 0.1) is 11.8 Å². The molecule has 2 bridgehead atoms. The standard InChI is InChI=1S/C12H23N/c1-4-9(2)12-10-5-7-11(8-6-10)13(12)3/h9-12H,4-8H2,1-3H3. The maximum Gasteiger partial charge on any atom is 0.0149 e. The molecule has 1 heteroatoms. The molecular formula is C12H23N. The van der Waals surface area contributed by atoms with Crippen LogP contribution in [0.3, 0.4) is 0 Å². The Labute approximate surface area is 82.5 Å². The van der Waals surface area contributed by atoms with E-state index in [0.29, 0.717) is 0 Å². The molecule has 0 amide bonds. The Bertz CT molecular complexity index is 168. The SMILES string of the molecule is CCC(C)C1C2CCC(CC2)N1C. The topological polar surface area (TPSA) is 3.24 Å². The van der Waals surface area contributed by atoms with Gasteiger partial charge in [-0.25, -0.2) is 0 Å². The zero-order valence-electron chi connectivity index (χ0n) is 9.29. The van der Waals surface area contributed by atoms with Gasteiger partial charge >= 0.3 is 0 Å². The van der Waals surface area contributed by atoms with Gasteiger partial charge in [-0.2, -0.15) is 0 Å². The summed E-state index contributed by atoms with van der Waals surface area (Å²) in [6.45, 7) is 4.77. The van der Waals surface area contributed by atoms with Gasteiger partial charge in [0.2, 0.25) is 0 Å². The van der Waals surface area contributed by atoms with Gasteiger partial charge < -0.3 is 0 Å². The van der Waals surface area contributed by atoms with Crippen molar-refractivity contribution in [2.24, 2.45) is 11.8 Å². The molecule has 1 saturated carbocycles. The number of piperidine rings is 2. The van der Waals surface area contributed by atoms with Gasteiger partial charge in [0, 0.05) is 12.1 Å². The van der Waals surface area contributed by atoms with Crippen molar-refractivity contribution in [2.45, 2.75) is 58.0 Å². The van der Waals surface area contributed by atoms with Gasteiger partial charge in [-0.05, 0) is 44.6 Å². The van der Waals surface area contributed by atoms with E-state index in [2.05, 4.69) is 25.8 Å². The van der Waals surface area contributed by atoms with E-state index in [1.165, 1.54) is 32.1 Å². The molecule has 76 valence electrons. The van der Waals surface area contributed by atoms with Crippen LogP contribution < -0.4 is 0 Å². The third-order valence-electron chi connectivity index (χ3n) is 4.50. The first-order chi connectivity index (χ1) is 6.24. The number of hydrogen-bond donors (Lipinski definition) is 0. The summed E-state index contributed by atoms with van der Waals surface area (Å²) in [6, 6.07) is 1.82. The smallest absolute Gasteiger partial charge is 0.0149 e. The molecule has 0 aromatic heterocycles. The summed E-state index contributed by atoms with van der Waals surface area (Å²) in [5.74, 6) is 1.92. The molecule has 2 atom stereocenters. The molecule has 2 heterocycles. The quantitative estimate of drug-likeness (QED) is 0.633. The molecule has 3 fully saturated rings. The molecule has 1 aliphatic carbocycles. The summed E-state index contributed by atoms with van der Waals surface area (Å²) < 4.78 is 0. The minimum atomic E-state index is 0.900. The van der Waals surface area contributed by atoms with Crippen LogP contribution in [0.1, 0.15) is 46.0 Å². The Morgan fingerprint density at radius 2 is 1.85 bits per heavy atom. The fraction of sp³-hybridized carbons (Fsp3) is 1.00. The van der Waals surface area contributed by atoms with Crippen LogP contribution in [0.15, 0.2) is 0 Å². The molecule has 0 aromatic carbocycles. The first-order valence-corrected chi connectivity index (χ1v) is 5.96. The lowest BCUT2D eigenvalue weighted by Gasteiger charge is -2.52. The van der Waals surface area contributed by atoms with Crippen molar-refractivity contribution in [1.82, 2.24) is 4.90 Å². The number of rotatable bonds is 2. The van der Waals surface area contributed by atoms with Crippen molar-refractivity contribution in [3.05, 3.63) is 0 Å². The second-order valence-electron chi connectivity index (χ2n) is 5.11. The van der Waals surface area contributed by atoms with E-state index >= 15 is 0 Å². The van der Waals surface area contributed by atoms with Crippen LogP contribution in [0.25, 0.3) is 0 Å². The highest BCUT2D eigenvalue weighted by Gasteiger charge is 2.41. The first-order valence-electron chi connectivity index (χ1n) is 5.96. The summed E-state index contributed by atoms with van der Waals surface area (Å²) in [4.78, 5) is 2.69. The van der Waals surface area contributed by atoms with Crippen LogP contribution in [0.5, 0.6) is 0 Å². The highest BCUT2D eigenvalue weighted by atomic mass is 15.2. The summed E-state index contributed by atoms with van der Waals surface area (Å²) in [7, 11) is 2.35. The highest BCUT2D eigenvalue weighted by molar-refractivity contribution is 4.95. The van der Waals surface area contributed by atoms with Crippen molar-refractivity contribution in [2.75, 3.05) is 7.05 Å². The van der Waals surface area contributed by atoms with Gasteiger partial charge in [0.05, 0.1) is 0 Å². The van der Waals surface area contributed by atoms with Crippen LogP contribution in [-0.2, 0) is 0 Å². The Hall–Kier alpha value is -0.0400. The third-order valence-corrected chi connectivity index (χ3v) is 4.50. The van der Waals surface area contributed by atoms with Crippen molar-refractivity contribution >= 4 is 0 Å². The lowest BCUT2D eigenvalue weighted by Crippen LogP contribution is -2.55. The van der Waals surface area contributed by atoms with Gasteiger partial charge in [0.15, 0.2) is 0 Å². The maximum atomic E-state index is 2.69. The molecule has 0 radical (unpaired) electrons. The van der Waals surface area contributed by atoms with E-state index < -0.39 is 0 Å². The molecular weight excluding hydrogens is 158 g/mol. The zero-order valence-corrected chi connectivity index (χ0v) is 9.29. The van der Waals surface area contributed by atoms with E-state index in [1.54, 1.807) is 0 Å². The van der Waals surface area contributed by atoms with Crippen LogP contribution >= 0.6 is 0 Å². The molecule has 1 nitrogen and oxygen atoms in total. The molecule has 2 saturated heterocycles. The molecule has 0 N–H and O–H groups in total. The van der Waals surface area contributed by atoms with Crippen LogP contribution in [-0.4, -0.2) is 24.0 Å². The summed E-state index contributed by atoms with van der Waals surface area (Å²) in [6.07, 6.45) is 7.29. The molecule has 3 rings (SSSR count). The fourth-order valence-electron chi connectivity index (χ4n) is 3.53. The molecule has 13 heavy (non-hydrogen) atoms. The minimum absolute atomic E-state index is 0.900. The van der Waals surface area contributed by atoms with Crippen LogP contribution in [0.2, 0.25) is 0 Å². The van der Waals surface area contributed by atoms with Gasteiger partial charge in [-0.15, -0.1) is 0 Å². The number of nitrogens with zero attached hydrogens (tertiary/aromatic N) is 1. The summed E-state index contributed by atoms with van der Waals surface area (Å²) in [5.41, 5.74) is 0. The van der Waals surface area contributed by atoms with Gasteiger partial charge in [0.1, 0.15) is 0 Å². The van der Waals surface area contributed by atoms with Crippen molar-refractivity contribution in [3.63, 3.8) is 0 Å². The van der Waals surface area contributed by atoms with E-state index in [9.17, 15) is 0 Å². The van der Waals surface area contributed by atoms with E-state index in [0.717, 1.165) is 23.9 Å². The average Bonchev–Trinajstić information content (AvgIpc) is 2.18. The number of hydrogen-bond acceptors (Lipinski definition) is 1. The predicted molar refractivity (Wildman–Crippen MR) is 56.8 cm³/mol. The molecule has 0 aromatic rings. The van der Waals surface area contributed by atoms with E-state index in [-0.39, 0.29) is 0 Å². The van der Waals surface area contributed by atoms with Crippen molar-refractivity contribution in [3.8, 4) is 0 Å².